The van der Waals surface area contributed by atoms with E-state index in [9.17, 15) is 0 Å². The van der Waals surface area contributed by atoms with Crippen molar-refractivity contribution in [3.8, 4) is 0 Å². The molecule has 0 unspecified atom stereocenters. The summed E-state index contributed by atoms with van der Waals surface area (Å²) in [6, 6.07) is 20.0. The largest absolute Gasteiger partial charge is 4.00 e. The molecule has 14 heavy (non-hydrogen) atoms. The van der Waals surface area contributed by atoms with Gasteiger partial charge in [-0.15, -0.1) is 0 Å². The maximum absolute atomic E-state index is 4.53. The molecule has 0 fully saturated rings. The molecule has 0 radical (unpaired) electrons. The minimum atomic E-state index is 0. The zero-order valence-corrected chi connectivity index (χ0v) is 12.4. The molecule has 0 spiro atoms. The van der Waals surface area contributed by atoms with Crippen LogP contribution in [0.15, 0.2) is 60.7 Å². The van der Waals surface area contributed by atoms with Gasteiger partial charge in [0.1, 0.15) is 0 Å². The van der Waals surface area contributed by atoms with Gasteiger partial charge in [-0.3, -0.25) is 0 Å². The molecule has 2 aromatic carbocycles. The van der Waals surface area contributed by atoms with Gasteiger partial charge >= 0.3 is 26.2 Å². The molecule has 2 heteroatoms. The van der Waals surface area contributed by atoms with Gasteiger partial charge in [-0.2, -0.15) is 36.4 Å². The molecule has 0 atom stereocenters. The summed E-state index contributed by atoms with van der Waals surface area (Å²) < 4.78 is 0. The van der Waals surface area contributed by atoms with Gasteiger partial charge in [0, 0.05) is 0 Å². The molecule has 72 valence electrons. The monoisotopic (exact) mass is 278 g/mol. The van der Waals surface area contributed by atoms with Crippen molar-refractivity contribution in [3.05, 3.63) is 68.1 Å². The van der Waals surface area contributed by atoms with Gasteiger partial charge < -0.3 is 13.6 Å². The third kappa shape index (κ3) is 14.2. The van der Waals surface area contributed by atoms with Crippen LogP contribution in [-0.2, 0) is 26.2 Å². The first-order valence-corrected chi connectivity index (χ1v) is 4.56. The van der Waals surface area contributed by atoms with E-state index in [1.807, 2.05) is 60.7 Å². The third-order valence-electron chi connectivity index (χ3n) is 1.11. The van der Waals surface area contributed by atoms with Crippen molar-refractivity contribution in [1.29, 1.82) is 0 Å². The average molecular weight is 280 g/mol. The molecule has 0 saturated heterocycles. The minimum absolute atomic E-state index is 0. The second-order valence-corrected chi connectivity index (χ2v) is 1.92. The van der Waals surface area contributed by atoms with E-state index in [2.05, 4.69) is 6.17 Å². The smallest absolute Gasteiger partial charge is 0.533 e. The van der Waals surface area contributed by atoms with Crippen molar-refractivity contribution in [1.82, 2.24) is 0 Å². The van der Waals surface area contributed by atoms with Crippen molar-refractivity contribution >= 4 is 16.0 Å². The van der Waals surface area contributed by atoms with Crippen LogP contribution in [0.25, 0.3) is 0 Å². The molecule has 2 rings (SSSR count). The van der Waals surface area contributed by atoms with Crippen LogP contribution in [0, 0.1) is 7.43 Å². The van der Waals surface area contributed by atoms with Crippen LogP contribution in [-0.4, -0.2) is 16.0 Å². The van der Waals surface area contributed by atoms with Crippen molar-refractivity contribution < 1.29 is 26.2 Å². The minimum Gasteiger partial charge on any atom is -0.533 e. The second kappa shape index (κ2) is 18.5. The van der Waals surface area contributed by atoms with E-state index in [1.54, 1.807) is 0 Å². The molecule has 0 N–H and O–H groups in total. The Morgan fingerprint density at radius 2 is 0.929 bits per heavy atom. The fraction of sp³-hybridized carbons (Fsp3) is 0. The van der Waals surface area contributed by atoms with Gasteiger partial charge in [-0.25, -0.2) is 34.1 Å². The van der Waals surface area contributed by atoms with Crippen LogP contribution in [0.4, 0.5) is 0 Å². The molecule has 0 aromatic heterocycles. The van der Waals surface area contributed by atoms with Crippen LogP contribution in [0.5, 0.6) is 0 Å². The van der Waals surface area contributed by atoms with Gasteiger partial charge in [-0.1, -0.05) is 0 Å². The molecule has 0 heterocycles. The quantitative estimate of drug-likeness (QED) is 0.512. The van der Waals surface area contributed by atoms with Crippen LogP contribution in [0.3, 0.4) is 0 Å². The van der Waals surface area contributed by atoms with E-state index in [0.717, 1.165) is 0 Å². The van der Waals surface area contributed by atoms with Crippen LogP contribution in [0.1, 0.15) is 0 Å². The summed E-state index contributed by atoms with van der Waals surface area (Å²) in [4.78, 5) is 0. The molecule has 0 nitrogen and oxygen atoms in total. The summed E-state index contributed by atoms with van der Waals surface area (Å²) in [6.45, 7) is 0. The Hall–Kier alpha value is -0.330. The second-order valence-electron chi connectivity index (χ2n) is 1.92. The zero-order chi connectivity index (χ0) is 9.07. The Bertz CT molecular complexity index is 162. The van der Waals surface area contributed by atoms with E-state index in [-0.39, 0.29) is 33.6 Å². The van der Waals surface area contributed by atoms with Crippen molar-refractivity contribution in [3.63, 3.8) is 0 Å². The number of hydrogen-bond donors (Lipinski definition) is 0. The maximum atomic E-state index is 4.53. The van der Waals surface area contributed by atoms with Crippen LogP contribution < -0.4 is 0 Å². The summed E-state index contributed by atoms with van der Waals surface area (Å²) >= 11 is 0. The van der Waals surface area contributed by atoms with E-state index in [0.29, 0.717) is 0 Å². The van der Waals surface area contributed by atoms with Crippen molar-refractivity contribution in [2.75, 3.05) is 0 Å². The molecule has 2 aromatic rings. The Labute approximate surface area is 110 Å². The maximum Gasteiger partial charge on any atom is 4.00 e. The van der Waals surface area contributed by atoms with E-state index in [1.165, 1.54) is 9.85 Å². The first-order chi connectivity index (χ1) is 6.00. The molecular weight excluding hydrogens is 263 g/mol. The fourth-order valence-corrected chi connectivity index (χ4v) is 0.642. The molecule has 0 aliphatic heterocycles. The Morgan fingerprint density at radius 1 is 0.714 bits per heavy atom. The zero-order valence-electron chi connectivity index (χ0n) is 8.56. The van der Waals surface area contributed by atoms with E-state index >= 15 is 0 Å². The number of hydrogen-bond acceptors (Lipinski definition) is 0. The Kier molecular flexibility index (Phi) is 25.4. The standard InChI is InChI=1S/2C5H5.CH3Si.CH3.Zr/c2*1-2-4-5-3-1;1-2;;/h2*1-5H;1H,2H2;1H3;/q4*-1;+4. The van der Waals surface area contributed by atoms with Gasteiger partial charge in [0.15, 0.2) is 0 Å². The van der Waals surface area contributed by atoms with Gasteiger partial charge in [0.2, 0.25) is 0 Å². The summed E-state index contributed by atoms with van der Waals surface area (Å²) in [5, 5.41) is 0. The van der Waals surface area contributed by atoms with Crippen molar-refractivity contribution in [2.45, 2.75) is 0 Å². The number of rotatable bonds is 0. The summed E-state index contributed by atoms with van der Waals surface area (Å²) in [5.41, 5.74) is 0. The summed E-state index contributed by atoms with van der Waals surface area (Å²) in [5.74, 6) is 0. The predicted octanol–water partition coefficient (Wildman–Crippen LogP) is 2.19. The molecule has 0 amide bonds. The van der Waals surface area contributed by atoms with Crippen molar-refractivity contribution in [2.24, 2.45) is 0 Å². The van der Waals surface area contributed by atoms with E-state index in [4.69, 9.17) is 0 Å². The normalized spacial score (nSPS) is 6.00. The Balaban J connectivity index is -0.000000131. The van der Waals surface area contributed by atoms with Crippen LogP contribution in [0.2, 0.25) is 0 Å². The fourth-order valence-electron chi connectivity index (χ4n) is 0.642. The molecule has 0 aliphatic carbocycles. The SMILES string of the molecule is [CH-]=[SiH2].[CH3-].[Zr+4].c1cc[cH-]c1.c1cc[cH-]c1. The molecule has 0 aliphatic rings. The third-order valence-corrected chi connectivity index (χ3v) is 1.11. The molecule has 0 saturated carbocycles. The molecule has 0 bridgehead atoms. The van der Waals surface area contributed by atoms with Gasteiger partial charge in [0.05, 0.1) is 0 Å². The first kappa shape index (κ1) is 19.3. The van der Waals surface area contributed by atoms with Gasteiger partial charge in [-0.05, 0) is 0 Å². The van der Waals surface area contributed by atoms with Crippen LogP contribution >= 0.6 is 0 Å². The predicted molar refractivity (Wildman–Crippen MR) is 65.1 cm³/mol. The first-order valence-electron chi connectivity index (χ1n) is 3.74. The molecular formula is C12H16SiZr. The van der Waals surface area contributed by atoms with E-state index < -0.39 is 0 Å². The average Bonchev–Trinajstić information content (AvgIpc) is 2.87. The Morgan fingerprint density at radius 3 is 1.00 bits per heavy atom. The summed E-state index contributed by atoms with van der Waals surface area (Å²) in [6.07, 6.45) is 4.53. The topological polar surface area (TPSA) is 0 Å². The summed E-state index contributed by atoms with van der Waals surface area (Å²) in [7, 11) is 1.36. The van der Waals surface area contributed by atoms with Gasteiger partial charge in [0.25, 0.3) is 0 Å².